The first-order valence-corrected chi connectivity index (χ1v) is 9.45. The number of fused-ring (bicyclic) bond motifs is 2. The van der Waals surface area contributed by atoms with Gasteiger partial charge in [-0.15, -0.1) is 26.6 Å². The Morgan fingerprint density at radius 3 is 3.08 bits per heavy atom. The minimum absolute atomic E-state index is 0.102. The minimum Gasteiger partial charge on any atom is -0.360 e. The maximum absolute atomic E-state index is 12.5. The predicted octanol–water partition coefficient (Wildman–Crippen LogP) is 2.06. The second-order valence-corrected chi connectivity index (χ2v) is 7.61. The van der Waals surface area contributed by atoms with Gasteiger partial charge in [-0.1, -0.05) is 0 Å². The SMILES string of the molecule is O=C(CNc1ccc2nnc(C3CC3)n2n1)N1CCc2sccc2C1. The fourth-order valence-electron chi connectivity index (χ4n) is 3.24. The van der Waals surface area contributed by atoms with Gasteiger partial charge in [-0.3, -0.25) is 4.79 Å². The fraction of sp³-hybridized carbons (Fsp3) is 0.412. The van der Waals surface area contributed by atoms with Crippen molar-refractivity contribution in [2.24, 2.45) is 0 Å². The summed E-state index contributed by atoms with van der Waals surface area (Å²) in [6, 6.07) is 5.85. The molecule has 1 aliphatic heterocycles. The first-order valence-electron chi connectivity index (χ1n) is 8.57. The first-order chi connectivity index (χ1) is 12.3. The maximum Gasteiger partial charge on any atom is 0.242 e. The normalized spacial score (nSPS) is 16.9. The van der Waals surface area contributed by atoms with Crippen LogP contribution < -0.4 is 5.32 Å². The van der Waals surface area contributed by atoms with E-state index >= 15 is 0 Å². The van der Waals surface area contributed by atoms with Crippen LogP contribution in [0.1, 0.15) is 35.0 Å². The molecule has 8 heteroatoms. The quantitative estimate of drug-likeness (QED) is 0.776. The van der Waals surface area contributed by atoms with E-state index in [1.807, 2.05) is 17.0 Å². The minimum atomic E-state index is 0.102. The van der Waals surface area contributed by atoms with Gasteiger partial charge in [0, 0.05) is 23.9 Å². The van der Waals surface area contributed by atoms with Crippen molar-refractivity contribution in [2.75, 3.05) is 18.4 Å². The maximum atomic E-state index is 12.5. The molecule has 1 aliphatic carbocycles. The van der Waals surface area contributed by atoms with Crippen molar-refractivity contribution in [3.8, 4) is 0 Å². The van der Waals surface area contributed by atoms with Crippen LogP contribution in [0, 0.1) is 0 Å². The third-order valence-electron chi connectivity index (χ3n) is 4.81. The van der Waals surface area contributed by atoms with E-state index in [1.165, 1.54) is 10.4 Å². The van der Waals surface area contributed by atoms with Gasteiger partial charge in [-0.25, -0.2) is 0 Å². The molecular weight excluding hydrogens is 336 g/mol. The summed E-state index contributed by atoms with van der Waals surface area (Å²) in [7, 11) is 0. The highest BCUT2D eigenvalue weighted by molar-refractivity contribution is 7.10. The lowest BCUT2D eigenvalue weighted by Gasteiger charge is -2.27. The average Bonchev–Trinajstić information content (AvgIpc) is 3.22. The Balaban J connectivity index is 1.27. The number of carbonyl (C=O) groups excluding carboxylic acids is 1. The smallest absolute Gasteiger partial charge is 0.242 e. The van der Waals surface area contributed by atoms with Crippen molar-refractivity contribution in [1.29, 1.82) is 0 Å². The van der Waals surface area contributed by atoms with Crippen LogP contribution >= 0.6 is 11.3 Å². The molecule has 0 unspecified atom stereocenters. The zero-order valence-corrected chi connectivity index (χ0v) is 14.5. The lowest BCUT2D eigenvalue weighted by atomic mass is 10.1. The van der Waals surface area contributed by atoms with E-state index in [1.54, 1.807) is 15.9 Å². The number of hydrogen-bond acceptors (Lipinski definition) is 6. The average molecular weight is 354 g/mol. The first kappa shape index (κ1) is 14.8. The van der Waals surface area contributed by atoms with Crippen LogP contribution in [0.5, 0.6) is 0 Å². The summed E-state index contributed by atoms with van der Waals surface area (Å²) in [4.78, 5) is 15.8. The van der Waals surface area contributed by atoms with E-state index in [0.717, 1.165) is 37.3 Å². The van der Waals surface area contributed by atoms with Crippen LogP contribution in [0.25, 0.3) is 5.65 Å². The van der Waals surface area contributed by atoms with Gasteiger partial charge in [0.15, 0.2) is 11.5 Å². The molecule has 25 heavy (non-hydrogen) atoms. The molecule has 3 aromatic rings. The molecule has 0 aromatic carbocycles. The summed E-state index contributed by atoms with van der Waals surface area (Å²) in [5.74, 6) is 2.18. The summed E-state index contributed by atoms with van der Waals surface area (Å²) in [6.07, 6.45) is 3.25. The molecule has 0 bridgehead atoms. The Kier molecular flexibility index (Phi) is 3.44. The van der Waals surface area contributed by atoms with E-state index in [0.29, 0.717) is 18.3 Å². The fourth-order valence-corrected chi connectivity index (χ4v) is 4.12. The van der Waals surface area contributed by atoms with Crippen molar-refractivity contribution < 1.29 is 4.79 Å². The van der Waals surface area contributed by atoms with Crippen LogP contribution in [0.15, 0.2) is 23.6 Å². The van der Waals surface area contributed by atoms with Crippen molar-refractivity contribution in [3.05, 3.63) is 39.8 Å². The second kappa shape index (κ2) is 5.80. The lowest BCUT2D eigenvalue weighted by molar-refractivity contribution is -0.130. The van der Waals surface area contributed by atoms with Crippen molar-refractivity contribution in [1.82, 2.24) is 24.7 Å². The highest BCUT2D eigenvalue weighted by Crippen LogP contribution is 2.38. The Hall–Kier alpha value is -2.48. The molecule has 1 saturated carbocycles. The van der Waals surface area contributed by atoms with Crippen LogP contribution in [-0.4, -0.2) is 43.7 Å². The number of thiophene rings is 1. The van der Waals surface area contributed by atoms with Gasteiger partial charge in [0.05, 0.1) is 6.54 Å². The van der Waals surface area contributed by atoms with Gasteiger partial charge in [0.25, 0.3) is 0 Å². The van der Waals surface area contributed by atoms with Gasteiger partial charge in [-0.2, -0.15) is 4.52 Å². The molecule has 0 saturated heterocycles. The Morgan fingerprint density at radius 1 is 1.28 bits per heavy atom. The molecule has 0 spiro atoms. The van der Waals surface area contributed by atoms with E-state index in [-0.39, 0.29) is 12.5 Å². The molecule has 1 amide bonds. The summed E-state index contributed by atoms with van der Waals surface area (Å²) in [5, 5.41) is 18.2. The molecule has 5 rings (SSSR count). The van der Waals surface area contributed by atoms with Crippen LogP contribution in [-0.2, 0) is 17.8 Å². The van der Waals surface area contributed by atoms with Gasteiger partial charge in [-0.05, 0) is 48.4 Å². The standard InChI is InChI=1S/C17H18N6OS/c24-16(22-7-5-13-12(10-22)6-8-25-13)9-18-14-3-4-15-19-20-17(11-1-2-11)23(15)21-14/h3-4,6,8,11H,1-2,5,7,9-10H2,(H,18,21). The monoisotopic (exact) mass is 354 g/mol. The number of anilines is 1. The lowest BCUT2D eigenvalue weighted by Crippen LogP contribution is -2.38. The zero-order valence-electron chi connectivity index (χ0n) is 13.7. The van der Waals surface area contributed by atoms with Crippen LogP contribution in [0.2, 0.25) is 0 Å². The van der Waals surface area contributed by atoms with Crippen LogP contribution in [0.3, 0.4) is 0 Å². The topological polar surface area (TPSA) is 75.4 Å². The summed E-state index contributed by atoms with van der Waals surface area (Å²) >= 11 is 1.78. The van der Waals surface area contributed by atoms with Gasteiger partial charge >= 0.3 is 0 Å². The highest BCUT2D eigenvalue weighted by atomic mass is 32.1. The summed E-state index contributed by atoms with van der Waals surface area (Å²) < 4.78 is 1.79. The Labute approximate surface area is 148 Å². The molecular formula is C17H18N6OS. The molecule has 0 radical (unpaired) electrons. The van der Waals surface area contributed by atoms with Gasteiger partial charge < -0.3 is 10.2 Å². The third-order valence-corrected chi connectivity index (χ3v) is 5.83. The van der Waals surface area contributed by atoms with Crippen LogP contribution in [0.4, 0.5) is 5.82 Å². The number of rotatable bonds is 4. The van der Waals surface area contributed by atoms with E-state index in [2.05, 4.69) is 32.1 Å². The van der Waals surface area contributed by atoms with Gasteiger partial charge in [0.2, 0.25) is 5.91 Å². The van der Waals surface area contributed by atoms with Crippen molar-refractivity contribution in [3.63, 3.8) is 0 Å². The number of aromatic nitrogens is 4. The Bertz CT molecular complexity index is 944. The molecule has 1 fully saturated rings. The molecule has 128 valence electrons. The third kappa shape index (κ3) is 2.76. The Morgan fingerprint density at radius 2 is 2.20 bits per heavy atom. The van der Waals surface area contributed by atoms with Crippen molar-refractivity contribution in [2.45, 2.75) is 31.7 Å². The van der Waals surface area contributed by atoms with Crippen molar-refractivity contribution >= 4 is 28.7 Å². The number of carbonyl (C=O) groups is 1. The molecule has 7 nitrogen and oxygen atoms in total. The second-order valence-electron chi connectivity index (χ2n) is 6.61. The number of nitrogens with one attached hydrogen (secondary N) is 1. The molecule has 4 heterocycles. The number of nitrogens with zero attached hydrogens (tertiary/aromatic N) is 5. The summed E-state index contributed by atoms with van der Waals surface area (Å²) in [5.41, 5.74) is 2.03. The summed E-state index contributed by atoms with van der Waals surface area (Å²) in [6.45, 7) is 1.75. The molecule has 0 atom stereocenters. The van der Waals surface area contributed by atoms with Gasteiger partial charge in [0.1, 0.15) is 5.82 Å². The van der Waals surface area contributed by atoms with E-state index in [9.17, 15) is 4.79 Å². The number of hydrogen-bond donors (Lipinski definition) is 1. The van der Waals surface area contributed by atoms with E-state index in [4.69, 9.17) is 0 Å². The predicted molar refractivity (Wildman–Crippen MR) is 94.7 cm³/mol. The molecule has 1 N–H and O–H groups in total. The highest BCUT2D eigenvalue weighted by Gasteiger charge is 2.29. The largest absolute Gasteiger partial charge is 0.360 e. The number of amides is 1. The molecule has 2 aliphatic rings. The molecule has 3 aromatic heterocycles. The zero-order chi connectivity index (χ0) is 16.8. The van der Waals surface area contributed by atoms with E-state index < -0.39 is 0 Å².